The first-order valence-electron chi connectivity index (χ1n) is 8.20. The highest BCUT2D eigenvalue weighted by atomic mass is 32.2. The summed E-state index contributed by atoms with van der Waals surface area (Å²) >= 11 is 1.19. The lowest BCUT2D eigenvalue weighted by molar-refractivity contribution is 0.102. The molecule has 0 aliphatic rings. The number of carbonyl (C=O) groups excluding carboxylic acids is 1. The van der Waals surface area contributed by atoms with Gasteiger partial charge in [-0.15, -0.1) is 11.3 Å². The summed E-state index contributed by atoms with van der Waals surface area (Å²) in [4.78, 5) is 20.8. The summed E-state index contributed by atoms with van der Waals surface area (Å²) in [7, 11) is -3.74. The second-order valence-electron chi connectivity index (χ2n) is 5.80. The van der Waals surface area contributed by atoms with Crippen molar-refractivity contribution in [2.45, 2.75) is 4.90 Å². The molecule has 1 amide bonds. The van der Waals surface area contributed by atoms with Crippen LogP contribution in [0.1, 0.15) is 10.5 Å². The molecule has 0 saturated carbocycles. The Bertz CT molecular complexity index is 1230. The van der Waals surface area contributed by atoms with Crippen molar-refractivity contribution in [2.75, 3.05) is 10.0 Å². The van der Waals surface area contributed by atoms with Gasteiger partial charge >= 0.3 is 0 Å². The van der Waals surface area contributed by atoms with Gasteiger partial charge in [-0.2, -0.15) is 0 Å². The van der Waals surface area contributed by atoms with Crippen molar-refractivity contribution in [1.29, 1.82) is 0 Å². The van der Waals surface area contributed by atoms with E-state index in [1.807, 2.05) is 30.3 Å². The van der Waals surface area contributed by atoms with Crippen molar-refractivity contribution in [1.82, 2.24) is 9.97 Å². The van der Waals surface area contributed by atoms with Crippen molar-refractivity contribution in [3.63, 3.8) is 0 Å². The predicted molar refractivity (Wildman–Crippen MR) is 109 cm³/mol. The van der Waals surface area contributed by atoms with Crippen LogP contribution in [0.25, 0.3) is 10.8 Å². The molecular formula is C19H14N4O3S2. The summed E-state index contributed by atoms with van der Waals surface area (Å²) in [5, 5.41) is 6.38. The molecule has 2 aromatic carbocycles. The number of hydrogen-bond donors (Lipinski definition) is 2. The van der Waals surface area contributed by atoms with Crippen molar-refractivity contribution in [2.24, 2.45) is 0 Å². The van der Waals surface area contributed by atoms with Gasteiger partial charge in [-0.1, -0.05) is 24.3 Å². The van der Waals surface area contributed by atoms with E-state index >= 15 is 0 Å². The van der Waals surface area contributed by atoms with Crippen LogP contribution in [0.15, 0.2) is 77.3 Å². The lowest BCUT2D eigenvalue weighted by Crippen LogP contribution is -2.15. The summed E-state index contributed by atoms with van der Waals surface area (Å²) in [5.41, 5.74) is 0.771. The van der Waals surface area contributed by atoms with Crippen LogP contribution in [-0.2, 0) is 10.0 Å². The first kappa shape index (κ1) is 18.1. The Morgan fingerprint density at radius 3 is 2.46 bits per heavy atom. The smallest absolute Gasteiger partial charge is 0.274 e. The monoisotopic (exact) mass is 410 g/mol. The van der Waals surface area contributed by atoms with Crippen molar-refractivity contribution in [3.8, 4) is 0 Å². The van der Waals surface area contributed by atoms with Gasteiger partial charge in [0.2, 0.25) is 0 Å². The molecule has 0 unspecified atom stereocenters. The Kier molecular flexibility index (Phi) is 4.76. The molecular weight excluding hydrogens is 396 g/mol. The van der Waals surface area contributed by atoms with Gasteiger partial charge in [-0.25, -0.2) is 13.4 Å². The van der Waals surface area contributed by atoms with Crippen LogP contribution < -0.4 is 10.0 Å². The fourth-order valence-corrected chi connectivity index (χ4v) is 4.44. The molecule has 0 radical (unpaired) electrons. The summed E-state index contributed by atoms with van der Waals surface area (Å²) in [5.74, 6) is -0.367. The number of nitrogens with zero attached hydrogens (tertiary/aromatic N) is 2. The van der Waals surface area contributed by atoms with E-state index in [1.54, 1.807) is 11.6 Å². The number of anilines is 2. The molecule has 0 aliphatic heterocycles. The standard InChI is InChI=1S/C19H14N4O3S2/c24-18(17-16-4-2-1-3-13(16)9-10-20-17)22-14-5-7-15(8-6-14)28(25,26)23-19-21-11-12-27-19/h1-12H,(H,21,23)(H,22,24). The molecule has 0 bridgehead atoms. The molecule has 7 nitrogen and oxygen atoms in total. The number of nitrogens with one attached hydrogen (secondary N) is 2. The van der Waals surface area contributed by atoms with E-state index in [4.69, 9.17) is 0 Å². The highest BCUT2D eigenvalue weighted by Gasteiger charge is 2.16. The van der Waals surface area contributed by atoms with Gasteiger partial charge in [-0.05, 0) is 35.7 Å². The maximum absolute atomic E-state index is 12.6. The predicted octanol–water partition coefficient (Wildman–Crippen LogP) is 3.74. The Hall–Kier alpha value is -3.30. The van der Waals surface area contributed by atoms with Crippen LogP contribution in [0.4, 0.5) is 10.8 Å². The first-order chi connectivity index (χ1) is 13.5. The number of sulfonamides is 1. The SMILES string of the molecule is O=C(Nc1ccc(S(=O)(=O)Nc2nccs2)cc1)c1nccc2ccccc12. The lowest BCUT2D eigenvalue weighted by Gasteiger charge is -2.09. The molecule has 9 heteroatoms. The van der Waals surface area contributed by atoms with E-state index < -0.39 is 10.0 Å². The number of carbonyl (C=O) groups is 1. The number of benzene rings is 2. The summed E-state index contributed by atoms with van der Waals surface area (Å²) in [6, 6.07) is 15.2. The molecule has 2 aromatic heterocycles. The van der Waals surface area contributed by atoms with E-state index in [0.29, 0.717) is 16.5 Å². The van der Waals surface area contributed by atoms with Gasteiger partial charge in [0.25, 0.3) is 15.9 Å². The molecule has 0 atom stereocenters. The minimum atomic E-state index is -3.74. The zero-order valence-electron chi connectivity index (χ0n) is 14.4. The van der Waals surface area contributed by atoms with Gasteiger partial charge in [0, 0.05) is 28.8 Å². The van der Waals surface area contributed by atoms with E-state index in [-0.39, 0.29) is 10.8 Å². The third kappa shape index (κ3) is 3.71. The third-order valence-electron chi connectivity index (χ3n) is 3.97. The topological polar surface area (TPSA) is 101 Å². The fourth-order valence-electron chi connectivity index (χ4n) is 2.66. The minimum Gasteiger partial charge on any atom is -0.321 e. The van der Waals surface area contributed by atoms with Crippen LogP contribution in [0, 0.1) is 0 Å². The Balaban J connectivity index is 1.54. The van der Waals surface area contributed by atoms with Gasteiger partial charge in [0.05, 0.1) is 4.90 Å². The average Bonchev–Trinajstić information content (AvgIpc) is 3.20. The van der Waals surface area contributed by atoms with E-state index in [9.17, 15) is 13.2 Å². The number of thiazole rings is 1. The molecule has 0 fully saturated rings. The van der Waals surface area contributed by atoms with Gasteiger partial charge in [0.15, 0.2) is 5.13 Å². The number of rotatable bonds is 5. The Labute approximate surface area is 165 Å². The zero-order chi connectivity index (χ0) is 19.6. The van der Waals surface area contributed by atoms with E-state index in [0.717, 1.165) is 10.8 Å². The third-order valence-corrected chi connectivity index (χ3v) is 6.14. The Morgan fingerprint density at radius 1 is 0.929 bits per heavy atom. The highest BCUT2D eigenvalue weighted by Crippen LogP contribution is 2.21. The van der Waals surface area contributed by atoms with Crippen LogP contribution in [-0.4, -0.2) is 24.3 Å². The average molecular weight is 410 g/mol. The summed E-state index contributed by atoms with van der Waals surface area (Å²) < 4.78 is 27.1. The van der Waals surface area contributed by atoms with Crippen LogP contribution in [0.5, 0.6) is 0 Å². The van der Waals surface area contributed by atoms with Crippen LogP contribution >= 0.6 is 11.3 Å². The molecule has 2 heterocycles. The number of aromatic nitrogens is 2. The lowest BCUT2D eigenvalue weighted by atomic mass is 10.1. The fraction of sp³-hybridized carbons (Fsp3) is 0. The molecule has 0 saturated heterocycles. The van der Waals surface area contributed by atoms with Gasteiger partial charge < -0.3 is 5.32 Å². The maximum atomic E-state index is 12.6. The molecule has 0 spiro atoms. The minimum absolute atomic E-state index is 0.0731. The largest absolute Gasteiger partial charge is 0.321 e. The molecule has 4 rings (SSSR count). The van der Waals surface area contributed by atoms with Gasteiger partial charge in [0.1, 0.15) is 5.69 Å². The van der Waals surface area contributed by atoms with Crippen molar-refractivity contribution in [3.05, 3.63) is 78.1 Å². The molecule has 140 valence electrons. The second kappa shape index (κ2) is 7.37. The van der Waals surface area contributed by atoms with E-state index in [1.165, 1.54) is 41.8 Å². The second-order valence-corrected chi connectivity index (χ2v) is 8.38. The van der Waals surface area contributed by atoms with E-state index in [2.05, 4.69) is 20.0 Å². The normalized spacial score (nSPS) is 11.3. The molecule has 28 heavy (non-hydrogen) atoms. The van der Waals surface area contributed by atoms with Crippen LogP contribution in [0.2, 0.25) is 0 Å². The highest BCUT2D eigenvalue weighted by molar-refractivity contribution is 7.93. The van der Waals surface area contributed by atoms with Crippen molar-refractivity contribution >= 4 is 48.9 Å². The maximum Gasteiger partial charge on any atom is 0.274 e. The summed E-state index contributed by atoms with van der Waals surface area (Å²) in [6.07, 6.45) is 3.10. The quantitative estimate of drug-likeness (QED) is 0.522. The molecule has 4 aromatic rings. The summed E-state index contributed by atoms with van der Waals surface area (Å²) in [6.45, 7) is 0. The van der Waals surface area contributed by atoms with Crippen LogP contribution in [0.3, 0.4) is 0 Å². The zero-order valence-corrected chi connectivity index (χ0v) is 16.0. The number of hydrogen-bond acceptors (Lipinski definition) is 6. The Morgan fingerprint density at radius 2 is 1.71 bits per heavy atom. The number of amides is 1. The number of fused-ring (bicyclic) bond motifs is 1. The number of pyridine rings is 1. The van der Waals surface area contributed by atoms with Crippen molar-refractivity contribution < 1.29 is 13.2 Å². The van der Waals surface area contributed by atoms with Gasteiger partial charge in [-0.3, -0.25) is 14.5 Å². The molecule has 0 aliphatic carbocycles. The molecule has 2 N–H and O–H groups in total. The first-order valence-corrected chi connectivity index (χ1v) is 10.6.